The van der Waals surface area contributed by atoms with Crippen molar-refractivity contribution in [1.29, 1.82) is 0 Å². The van der Waals surface area contributed by atoms with Crippen LogP contribution in [0.15, 0.2) is 199 Å². The summed E-state index contributed by atoms with van der Waals surface area (Å²) in [6, 6.07) is 70.5. The van der Waals surface area contributed by atoms with Crippen molar-refractivity contribution in [2.45, 2.75) is 0 Å². The summed E-state index contributed by atoms with van der Waals surface area (Å²) >= 11 is 0. The first-order valence-electron chi connectivity index (χ1n) is 18.3. The quantitative estimate of drug-likeness (QED) is 0.134. The van der Waals surface area contributed by atoms with Crippen LogP contribution < -0.4 is 0 Å². The van der Waals surface area contributed by atoms with Crippen molar-refractivity contribution in [1.82, 2.24) is 0 Å². The fourth-order valence-electron chi connectivity index (χ4n) is 8.77. The predicted octanol–water partition coefficient (Wildman–Crippen LogP) is 14.9. The minimum absolute atomic E-state index is 0.897. The second kappa shape index (κ2) is 11.8. The van der Waals surface area contributed by atoms with Gasteiger partial charge in [-0.25, -0.2) is 0 Å². The maximum absolute atomic E-state index is 6.62. The molecule has 0 bridgehead atoms. The first-order chi connectivity index (χ1) is 26.3. The van der Waals surface area contributed by atoms with Gasteiger partial charge in [0, 0.05) is 10.8 Å². The normalized spacial score (nSPS) is 11.8. The Bertz CT molecular complexity index is 3160. The molecule has 0 amide bonds. The van der Waals surface area contributed by atoms with Crippen LogP contribution in [-0.4, -0.2) is 0 Å². The summed E-state index contributed by atoms with van der Waals surface area (Å²) in [6.45, 7) is 0. The van der Waals surface area contributed by atoms with Crippen LogP contribution in [0, 0.1) is 0 Å². The van der Waals surface area contributed by atoms with Crippen molar-refractivity contribution < 1.29 is 4.42 Å². The van der Waals surface area contributed by atoms with Gasteiger partial charge in [0.05, 0.1) is 0 Å². The molecule has 11 aromatic rings. The zero-order valence-electron chi connectivity index (χ0n) is 28.9. The lowest BCUT2D eigenvalue weighted by Crippen LogP contribution is -1.94. The lowest BCUT2D eigenvalue weighted by atomic mass is 9.82. The van der Waals surface area contributed by atoms with Gasteiger partial charge in [-0.1, -0.05) is 170 Å². The second-order valence-corrected chi connectivity index (χ2v) is 13.9. The van der Waals surface area contributed by atoms with Gasteiger partial charge in [-0.15, -0.1) is 0 Å². The second-order valence-electron chi connectivity index (χ2n) is 13.9. The smallest absolute Gasteiger partial charge is 0.136 e. The van der Waals surface area contributed by atoms with E-state index < -0.39 is 0 Å². The summed E-state index contributed by atoms with van der Waals surface area (Å²) in [7, 11) is 0. The molecule has 0 unspecified atom stereocenters. The van der Waals surface area contributed by atoms with Crippen LogP contribution in [-0.2, 0) is 0 Å². The lowest BCUT2D eigenvalue weighted by Gasteiger charge is -2.21. The Kier molecular flexibility index (Phi) is 6.62. The van der Waals surface area contributed by atoms with Gasteiger partial charge in [-0.05, 0) is 112 Å². The summed E-state index contributed by atoms with van der Waals surface area (Å²) in [5.41, 5.74) is 11.5. The van der Waals surface area contributed by atoms with Crippen LogP contribution in [0.2, 0.25) is 0 Å². The van der Waals surface area contributed by atoms with Crippen LogP contribution in [0.3, 0.4) is 0 Å². The largest absolute Gasteiger partial charge is 0.456 e. The van der Waals surface area contributed by atoms with E-state index in [-0.39, 0.29) is 0 Å². The Morgan fingerprint density at radius 3 is 1.47 bits per heavy atom. The fraction of sp³-hybridized carbons (Fsp3) is 0. The highest BCUT2D eigenvalue weighted by molar-refractivity contribution is 6.27. The van der Waals surface area contributed by atoms with Gasteiger partial charge in [0.2, 0.25) is 0 Å². The molecule has 1 aromatic heterocycles. The van der Waals surface area contributed by atoms with Crippen molar-refractivity contribution >= 4 is 65.0 Å². The predicted molar refractivity (Wildman–Crippen MR) is 225 cm³/mol. The Morgan fingerprint density at radius 2 is 0.774 bits per heavy atom. The molecule has 0 N–H and O–H groups in total. The first kappa shape index (κ1) is 29.7. The van der Waals surface area contributed by atoms with E-state index in [0.29, 0.717) is 0 Å². The molecule has 10 aromatic carbocycles. The number of para-hydroxylation sites is 1. The SMILES string of the molecule is c1ccc(-c2cc(-c3c4ccccc4c(-c4ccccc4-c4cc5ccccc5c5ccccc45)c4ccccc34)c3c(c2)oc2ccccc23)cc1. The molecular weight excluding hydrogens is 641 g/mol. The molecule has 0 fully saturated rings. The monoisotopic (exact) mass is 672 g/mol. The fourth-order valence-corrected chi connectivity index (χ4v) is 8.77. The Labute approximate surface area is 307 Å². The van der Waals surface area contributed by atoms with Gasteiger partial charge in [-0.2, -0.15) is 0 Å². The molecule has 0 aliphatic carbocycles. The zero-order valence-corrected chi connectivity index (χ0v) is 28.9. The highest BCUT2D eigenvalue weighted by Gasteiger charge is 2.23. The van der Waals surface area contributed by atoms with Crippen LogP contribution in [0.25, 0.3) is 110 Å². The third kappa shape index (κ3) is 4.58. The van der Waals surface area contributed by atoms with Crippen molar-refractivity contribution in [3.8, 4) is 44.5 Å². The first-order valence-corrected chi connectivity index (χ1v) is 18.3. The minimum atomic E-state index is 0.897. The molecule has 0 atom stereocenters. The number of fused-ring (bicyclic) bond motifs is 8. The van der Waals surface area contributed by atoms with Crippen molar-refractivity contribution in [2.75, 3.05) is 0 Å². The molecule has 246 valence electrons. The average Bonchev–Trinajstić information content (AvgIpc) is 3.61. The Hall–Kier alpha value is -6.96. The molecule has 0 radical (unpaired) electrons. The van der Waals surface area contributed by atoms with Gasteiger partial charge in [0.25, 0.3) is 0 Å². The average molecular weight is 673 g/mol. The molecule has 0 saturated carbocycles. The lowest BCUT2D eigenvalue weighted by molar-refractivity contribution is 0.669. The topological polar surface area (TPSA) is 13.1 Å². The highest BCUT2D eigenvalue weighted by atomic mass is 16.3. The molecule has 1 nitrogen and oxygen atoms in total. The Morgan fingerprint density at radius 1 is 0.264 bits per heavy atom. The van der Waals surface area contributed by atoms with Crippen LogP contribution in [0.1, 0.15) is 0 Å². The van der Waals surface area contributed by atoms with Gasteiger partial charge in [0.15, 0.2) is 0 Å². The third-order valence-electron chi connectivity index (χ3n) is 11.0. The van der Waals surface area contributed by atoms with Gasteiger partial charge < -0.3 is 4.42 Å². The Balaban J connectivity index is 1.27. The van der Waals surface area contributed by atoms with E-state index in [1.807, 2.05) is 0 Å². The summed E-state index contributed by atoms with van der Waals surface area (Å²) in [6.07, 6.45) is 0. The minimum Gasteiger partial charge on any atom is -0.456 e. The maximum atomic E-state index is 6.62. The van der Waals surface area contributed by atoms with E-state index in [9.17, 15) is 0 Å². The van der Waals surface area contributed by atoms with Crippen LogP contribution >= 0.6 is 0 Å². The zero-order chi connectivity index (χ0) is 34.9. The number of furan rings is 1. The van der Waals surface area contributed by atoms with Crippen LogP contribution in [0.4, 0.5) is 0 Å². The van der Waals surface area contributed by atoms with Crippen molar-refractivity contribution in [3.63, 3.8) is 0 Å². The molecule has 53 heavy (non-hydrogen) atoms. The third-order valence-corrected chi connectivity index (χ3v) is 11.0. The molecule has 11 rings (SSSR count). The summed E-state index contributed by atoms with van der Waals surface area (Å²) < 4.78 is 6.62. The van der Waals surface area contributed by atoms with E-state index in [1.54, 1.807) is 0 Å². The van der Waals surface area contributed by atoms with Crippen molar-refractivity contribution in [2.24, 2.45) is 0 Å². The molecule has 0 aliphatic rings. The molecule has 1 heteroatoms. The number of hydrogen-bond acceptors (Lipinski definition) is 1. The summed E-state index contributed by atoms with van der Waals surface area (Å²) in [4.78, 5) is 0. The summed E-state index contributed by atoms with van der Waals surface area (Å²) in [5, 5.41) is 12.2. The van der Waals surface area contributed by atoms with Crippen molar-refractivity contribution in [3.05, 3.63) is 194 Å². The van der Waals surface area contributed by atoms with E-state index in [0.717, 1.165) is 33.1 Å². The van der Waals surface area contributed by atoms with Gasteiger partial charge in [-0.3, -0.25) is 0 Å². The molecular formula is C52H32O. The molecule has 0 aliphatic heterocycles. The molecule has 0 spiro atoms. The van der Waals surface area contributed by atoms with E-state index in [2.05, 4.69) is 194 Å². The number of benzene rings is 10. The number of hydrogen-bond donors (Lipinski definition) is 0. The van der Waals surface area contributed by atoms with E-state index >= 15 is 0 Å². The maximum Gasteiger partial charge on any atom is 0.136 e. The standard InChI is InChI=1S/C52H32O/c1-2-16-33(17-3-1)35-31-47(52-45-28-14-15-29-48(45)53-49(52)32-35)51-43-26-12-10-24-41(43)50(42-25-11-13-27-44(42)51)40-23-9-8-22-39(40)46-30-34-18-4-5-19-36(34)37-20-6-7-21-38(37)46/h1-32H. The van der Waals surface area contributed by atoms with Crippen LogP contribution in [0.5, 0.6) is 0 Å². The van der Waals surface area contributed by atoms with Gasteiger partial charge >= 0.3 is 0 Å². The summed E-state index contributed by atoms with van der Waals surface area (Å²) in [5.74, 6) is 0. The highest BCUT2D eigenvalue weighted by Crippen LogP contribution is 2.50. The number of rotatable bonds is 4. The van der Waals surface area contributed by atoms with E-state index in [1.165, 1.54) is 76.5 Å². The van der Waals surface area contributed by atoms with E-state index in [4.69, 9.17) is 4.42 Å². The molecule has 1 heterocycles. The molecule has 0 saturated heterocycles. The van der Waals surface area contributed by atoms with Gasteiger partial charge in [0.1, 0.15) is 11.2 Å².